The third-order valence-electron chi connectivity index (χ3n) is 5.35. The highest BCUT2D eigenvalue weighted by molar-refractivity contribution is 5.64. The summed E-state index contributed by atoms with van der Waals surface area (Å²) in [4.78, 5) is 4.28. The summed E-state index contributed by atoms with van der Waals surface area (Å²) in [6.07, 6.45) is 3.70. The van der Waals surface area contributed by atoms with Gasteiger partial charge in [0.2, 0.25) is 5.89 Å². The summed E-state index contributed by atoms with van der Waals surface area (Å²) in [6, 6.07) is 24.8. The van der Waals surface area contributed by atoms with Crippen molar-refractivity contribution < 1.29 is 9.15 Å². The first kappa shape index (κ1) is 20.5. The van der Waals surface area contributed by atoms with Crippen LogP contribution in [-0.2, 0) is 6.54 Å². The monoisotopic (exact) mass is 437 g/mol. The van der Waals surface area contributed by atoms with Gasteiger partial charge in [-0.2, -0.15) is 0 Å². The number of methoxy groups -OCH3 is 1. The molecule has 164 valence electrons. The molecule has 7 nitrogen and oxygen atoms in total. The van der Waals surface area contributed by atoms with Crippen LogP contribution in [-0.4, -0.2) is 26.9 Å². The number of rotatable bonds is 7. The third kappa shape index (κ3) is 4.48. The zero-order valence-corrected chi connectivity index (χ0v) is 18.4. The number of ether oxygens (including phenoxy) is 1. The number of nitrogens with zero attached hydrogens (tertiary/aromatic N) is 4. The lowest BCUT2D eigenvalue weighted by Crippen LogP contribution is -1.99. The Labute approximate surface area is 191 Å². The first-order chi connectivity index (χ1) is 16.2. The topological polar surface area (TPSA) is 78.0 Å². The molecule has 0 radical (unpaired) electrons. The first-order valence-corrected chi connectivity index (χ1v) is 10.6. The number of benzene rings is 3. The third-order valence-corrected chi connectivity index (χ3v) is 5.35. The Morgan fingerprint density at radius 1 is 0.909 bits per heavy atom. The van der Waals surface area contributed by atoms with E-state index in [1.807, 2.05) is 54.1 Å². The van der Waals surface area contributed by atoms with Crippen LogP contribution in [0.25, 0.3) is 28.3 Å². The Bertz CT molecular complexity index is 1360. The lowest BCUT2D eigenvalue weighted by atomic mass is 10.0. The van der Waals surface area contributed by atoms with Gasteiger partial charge in [-0.05, 0) is 41.8 Å². The molecule has 5 rings (SSSR count). The minimum Gasteiger partial charge on any atom is -0.495 e. The summed E-state index contributed by atoms with van der Waals surface area (Å²) in [5.41, 5.74) is 6.10. The normalized spacial score (nSPS) is 10.8. The highest BCUT2D eigenvalue weighted by atomic mass is 16.5. The van der Waals surface area contributed by atoms with Crippen molar-refractivity contribution in [3.8, 4) is 34.0 Å². The van der Waals surface area contributed by atoms with Crippen LogP contribution in [0.1, 0.15) is 11.3 Å². The van der Waals surface area contributed by atoms with E-state index >= 15 is 0 Å². The fourth-order valence-electron chi connectivity index (χ4n) is 3.61. The van der Waals surface area contributed by atoms with Gasteiger partial charge in [0.1, 0.15) is 5.75 Å². The molecule has 7 heteroatoms. The van der Waals surface area contributed by atoms with Crippen molar-refractivity contribution in [1.29, 1.82) is 0 Å². The first-order valence-electron chi connectivity index (χ1n) is 10.6. The van der Waals surface area contributed by atoms with Gasteiger partial charge in [0.15, 0.2) is 0 Å². The van der Waals surface area contributed by atoms with Gasteiger partial charge in [-0.1, -0.05) is 59.7 Å². The molecule has 2 heterocycles. The SMILES string of the molecule is COc1cc(-c2nnc(NCc3ccc(-c4ccccc4)cc3)o2)ccc1-n1cnc(C)c1. The van der Waals surface area contributed by atoms with Crippen LogP contribution in [0, 0.1) is 6.92 Å². The number of aryl methyl sites for hydroxylation is 1. The van der Waals surface area contributed by atoms with Gasteiger partial charge in [-0.3, -0.25) is 0 Å². The zero-order valence-electron chi connectivity index (χ0n) is 18.4. The van der Waals surface area contributed by atoms with Crippen LogP contribution < -0.4 is 10.1 Å². The minimum absolute atomic E-state index is 0.366. The molecule has 0 saturated heterocycles. The summed E-state index contributed by atoms with van der Waals surface area (Å²) in [7, 11) is 1.64. The largest absolute Gasteiger partial charge is 0.495 e. The quantitative estimate of drug-likeness (QED) is 0.361. The van der Waals surface area contributed by atoms with Crippen molar-refractivity contribution in [2.75, 3.05) is 12.4 Å². The van der Waals surface area contributed by atoms with Crippen LogP contribution in [0.15, 0.2) is 89.7 Å². The smallest absolute Gasteiger partial charge is 0.316 e. The van der Waals surface area contributed by atoms with Crippen LogP contribution in [0.3, 0.4) is 0 Å². The molecule has 0 spiro atoms. The molecule has 0 saturated carbocycles. The molecule has 3 aromatic carbocycles. The van der Waals surface area contributed by atoms with E-state index in [1.54, 1.807) is 13.4 Å². The number of imidazole rings is 1. The second-order valence-electron chi connectivity index (χ2n) is 7.64. The van der Waals surface area contributed by atoms with E-state index in [0.717, 1.165) is 22.5 Å². The molecule has 0 amide bonds. The van der Waals surface area contributed by atoms with E-state index in [-0.39, 0.29) is 0 Å². The van der Waals surface area contributed by atoms with Crippen molar-refractivity contribution in [3.63, 3.8) is 0 Å². The summed E-state index contributed by atoms with van der Waals surface area (Å²) >= 11 is 0. The Morgan fingerprint density at radius 3 is 2.39 bits per heavy atom. The minimum atomic E-state index is 0.366. The molecule has 33 heavy (non-hydrogen) atoms. The highest BCUT2D eigenvalue weighted by Crippen LogP contribution is 2.30. The molecule has 0 fully saturated rings. The summed E-state index contributed by atoms with van der Waals surface area (Å²) in [5, 5.41) is 11.5. The molecule has 0 bridgehead atoms. The van der Waals surface area contributed by atoms with E-state index in [2.05, 4.69) is 56.9 Å². The maximum Gasteiger partial charge on any atom is 0.316 e. The molecule has 0 aliphatic rings. The Kier molecular flexibility index (Phi) is 5.59. The Balaban J connectivity index is 1.27. The summed E-state index contributed by atoms with van der Waals surface area (Å²) < 4.78 is 13.3. The molecule has 5 aromatic rings. The Morgan fingerprint density at radius 2 is 1.67 bits per heavy atom. The summed E-state index contributed by atoms with van der Waals surface area (Å²) in [5.74, 6) is 1.11. The van der Waals surface area contributed by atoms with Gasteiger partial charge in [-0.25, -0.2) is 4.98 Å². The molecular weight excluding hydrogens is 414 g/mol. The maximum absolute atomic E-state index is 5.83. The van der Waals surface area contributed by atoms with Crippen LogP contribution in [0.4, 0.5) is 6.01 Å². The standard InChI is InChI=1S/C26H23N5O2/c1-18-16-31(17-28-18)23-13-12-22(14-24(23)32-2)25-29-30-26(33-25)27-15-19-8-10-21(11-9-19)20-6-4-3-5-7-20/h3-14,16-17H,15H2,1-2H3,(H,27,30). The fourth-order valence-corrected chi connectivity index (χ4v) is 3.61. The highest BCUT2D eigenvalue weighted by Gasteiger charge is 2.13. The summed E-state index contributed by atoms with van der Waals surface area (Å²) in [6.45, 7) is 2.53. The molecule has 0 atom stereocenters. The predicted molar refractivity (Wildman–Crippen MR) is 127 cm³/mol. The number of aromatic nitrogens is 4. The Hall–Kier alpha value is -4.39. The van der Waals surface area contributed by atoms with Gasteiger partial charge >= 0.3 is 6.01 Å². The van der Waals surface area contributed by atoms with Gasteiger partial charge < -0.3 is 19.0 Å². The molecular formula is C26H23N5O2. The van der Waals surface area contributed by atoms with Gasteiger partial charge in [0.05, 0.1) is 24.8 Å². The van der Waals surface area contributed by atoms with E-state index in [0.29, 0.717) is 24.2 Å². The lowest BCUT2D eigenvalue weighted by Gasteiger charge is -2.10. The van der Waals surface area contributed by atoms with E-state index in [4.69, 9.17) is 9.15 Å². The molecule has 0 aliphatic carbocycles. The van der Waals surface area contributed by atoms with Crippen molar-refractivity contribution >= 4 is 6.01 Å². The van der Waals surface area contributed by atoms with Gasteiger partial charge in [0, 0.05) is 18.3 Å². The maximum atomic E-state index is 5.83. The molecule has 0 aliphatic heterocycles. The second kappa shape index (κ2) is 9.00. The van der Waals surface area contributed by atoms with Crippen molar-refractivity contribution in [2.24, 2.45) is 0 Å². The van der Waals surface area contributed by atoms with Crippen LogP contribution in [0.2, 0.25) is 0 Å². The molecule has 0 unspecified atom stereocenters. The molecule has 1 N–H and O–H groups in total. The molecule has 2 aromatic heterocycles. The van der Waals surface area contributed by atoms with Gasteiger partial charge in [0.25, 0.3) is 0 Å². The van der Waals surface area contributed by atoms with Gasteiger partial charge in [-0.15, -0.1) is 5.10 Å². The van der Waals surface area contributed by atoms with E-state index < -0.39 is 0 Å². The average Bonchev–Trinajstić information content (AvgIpc) is 3.52. The van der Waals surface area contributed by atoms with E-state index in [9.17, 15) is 0 Å². The number of hydrogen-bond acceptors (Lipinski definition) is 6. The zero-order chi connectivity index (χ0) is 22.6. The van der Waals surface area contributed by atoms with E-state index in [1.165, 1.54) is 11.1 Å². The number of anilines is 1. The average molecular weight is 438 g/mol. The number of hydrogen-bond donors (Lipinski definition) is 1. The van der Waals surface area contributed by atoms with Crippen molar-refractivity contribution in [3.05, 3.63) is 96.6 Å². The van der Waals surface area contributed by atoms with Crippen molar-refractivity contribution in [2.45, 2.75) is 13.5 Å². The van der Waals surface area contributed by atoms with Crippen LogP contribution in [0.5, 0.6) is 5.75 Å². The number of nitrogens with one attached hydrogen (secondary N) is 1. The predicted octanol–water partition coefficient (Wildman–Crippen LogP) is 5.52. The lowest BCUT2D eigenvalue weighted by molar-refractivity contribution is 0.413. The second-order valence-corrected chi connectivity index (χ2v) is 7.64. The fraction of sp³-hybridized carbons (Fsp3) is 0.115. The van der Waals surface area contributed by atoms with Crippen molar-refractivity contribution in [1.82, 2.24) is 19.7 Å². The van der Waals surface area contributed by atoms with Crippen LogP contribution >= 0.6 is 0 Å².